The Morgan fingerprint density at radius 1 is 0.588 bits per heavy atom. The first-order valence-corrected chi connectivity index (χ1v) is 14.4. The first-order chi connectivity index (χ1) is 16.0. The molecule has 12 heteroatoms. The smallest absolute Gasteiger partial charge is 0.266 e. The zero-order valence-corrected chi connectivity index (χ0v) is 20.4. The third-order valence-electron chi connectivity index (χ3n) is 4.80. The van der Waals surface area contributed by atoms with E-state index in [0.717, 1.165) is 0 Å². The number of hydrogen-bond acceptors (Lipinski definition) is 8. The second kappa shape index (κ2) is 10.8. The highest BCUT2D eigenvalue weighted by Crippen LogP contribution is 2.22. The molecule has 2 N–H and O–H groups in total. The molecule has 0 unspecified atom stereocenters. The van der Waals surface area contributed by atoms with Crippen LogP contribution in [0.1, 0.15) is 11.1 Å². The van der Waals surface area contributed by atoms with Gasteiger partial charge in [0.1, 0.15) is 0 Å². The van der Waals surface area contributed by atoms with Gasteiger partial charge in [0.15, 0.2) is 0 Å². The van der Waals surface area contributed by atoms with Gasteiger partial charge in [0.2, 0.25) is 10.0 Å². The maximum absolute atomic E-state index is 12.4. The summed E-state index contributed by atoms with van der Waals surface area (Å²) in [6.07, 6.45) is -0.0599. The summed E-state index contributed by atoms with van der Waals surface area (Å²) in [7, 11) is -12.2. The van der Waals surface area contributed by atoms with Crippen LogP contribution in [0.5, 0.6) is 0 Å². The Bertz CT molecular complexity index is 1440. The van der Waals surface area contributed by atoms with E-state index in [4.69, 9.17) is 13.5 Å². The number of benzene rings is 3. The van der Waals surface area contributed by atoms with Crippen LogP contribution in [0.3, 0.4) is 0 Å². The van der Waals surface area contributed by atoms with Crippen LogP contribution >= 0.6 is 0 Å². The quantitative estimate of drug-likeness (QED) is 0.375. The lowest BCUT2D eigenvalue weighted by atomic mass is 10.0. The molecule has 0 fully saturated rings. The summed E-state index contributed by atoms with van der Waals surface area (Å²) >= 11 is 0. The highest BCUT2D eigenvalue weighted by Gasteiger charge is 2.20. The maximum atomic E-state index is 12.4. The molecule has 0 amide bonds. The van der Waals surface area contributed by atoms with Crippen LogP contribution in [0.25, 0.3) is 0 Å². The van der Waals surface area contributed by atoms with Crippen LogP contribution in [0.15, 0.2) is 93.5 Å². The highest BCUT2D eigenvalue weighted by molar-refractivity contribution is 7.89. The Balaban J connectivity index is 1.77. The predicted octanol–water partition coefficient (Wildman–Crippen LogP) is 2.23. The molecule has 3 aromatic rings. The Labute approximate surface area is 199 Å². The van der Waals surface area contributed by atoms with Gasteiger partial charge in [-0.25, -0.2) is 13.6 Å². The van der Waals surface area contributed by atoms with Crippen molar-refractivity contribution in [3.63, 3.8) is 0 Å². The summed E-state index contributed by atoms with van der Waals surface area (Å²) < 4.78 is 83.7. The van der Waals surface area contributed by atoms with Crippen LogP contribution in [0.2, 0.25) is 0 Å². The van der Waals surface area contributed by atoms with Crippen LogP contribution < -0.4 is 5.14 Å². The van der Waals surface area contributed by atoms with E-state index in [2.05, 4.69) is 0 Å². The average molecular weight is 526 g/mol. The van der Waals surface area contributed by atoms with Crippen molar-refractivity contribution in [3.05, 3.63) is 90.0 Å². The molecule has 0 radical (unpaired) electrons. The van der Waals surface area contributed by atoms with Gasteiger partial charge < -0.3 is 0 Å². The molecule has 3 rings (SSSR count). The second-order valence-corrected chi connectivity index (χ2v) is 11.9. The van der Waals surface area contributed by atoms with Gasteiger partial charge >= 0.3 is 0 Å². The van der Waals surface area contributed by atoms with Crippen molar-refractivity contribution in [1.29, 1.82) is 0 Å². The van der Waals surface area contributed by atoms with E-state index < -0.39 is 30.3 Å². The number of hydrogen-bond donors (Lipinski definition) is 1. The molecular weight excluding hydrogens is 502 g/mol. The second-order valence-electron chi connectivity index (χ2n) is 7.12. The van der Waals surface area contributed by atoms with Crippen molar-refractivity contribution in [1.82, 2.24) is 0 Å². The van der Waals surface area contributed by atoms with Gasteiger partial charge in [0.25, 0.3) is 20.2 Å². The van der Waals surface area contributed by atoms with Crippen LogP contribution in [0.4, 0.5) is 0 Å². The maximum Gasteiger partial charge on any atom is 0.296 e. The van der Waals surface area contributed by atoms with E-state index in [1.807, 2.05) is 0 Å². The largest absolute Gasteiger partial charge is 0.296 e. The number of nitrogens with two attached hydrogens (primary N) is 1. The van der Waals surface area contributed by atoms with Gasteiger partial charge in [-0.05, 0) is 54.3 Å². The van der Waals surface area contributed by atoms with E-state index in [-0.39, 0.29) is 46.3 Å². The fourth-order valence-electron chi connectivity index (χ4n) is 3.22. The van der Waals surface area contributed by atoms with Crippen molar-refractivity contribution >= 4 is 30.3 Å². The fourth-order valence-corrected chi connectivity index (χ4v) is 5.92. The van der Waals surface area contributed by atoms with Gasteiger partial charge in [0, 0.05) is 0 Å². The zero-order valence-electron chi connectivity index (χ0n) is 17.9. The van der Waals surface area contributed by atoms with Crippen molar-refractivity contribution in [2.45, 2.75) is 27.5 Å². The first kappa shape index (κ1) is 26.0. The molecule has 0 atom stereocenters. The van der Waals surface area contributed by atoms with Crippen LogP contribution in [-0.2, 0) is 51.5 Å². The van der Waals surface area contributed by atoms with E-state index in [9.17, 15) is 25.3 Å². The molecular formula is C22H23NO8S3. The molecule has 182 valence electrons. The third-order valence-corrected chi connectivity index (χ3v) is 8.45. The normalized spacial score (nSPS) is 12.5. The predicted molar refractivity (Wildman–Crippen MR) is 124 cm³/mol. The topological polar surface area (TPSA) is 147 Å². The lowest BCUT2D eigenvalue weighted by Crippen LogP contribution is -2.18. The molecule has 3 aromatic carbocycles. The highest BCUT2D eigenvalue weighted by atomic mass is 32.2. The van der Waals surface area contributed by atoms with Crippen LogP contribution in [-0.4, -0.2) is 38.5 Å². The molecule has 9 nitrogen and oxygen atoms in total. The molecule has 0 aromatic heterocycles. The summed E-state index contributed by atoms with van der Waals surface area (Å²) in [5, 5.41) is 5.33. The molecule has 0 saturated heterocycles. The van der Waals surface area contributed by atoms with Gasteiger partial charge in [0.05, 0.1) is 27.9 Å². The molecule has 0 spiro atoms. The van der Waals surface area contributed by atoms with Crippen LogP contribution in [0, 0.1) is 0 Å². The zero-order chi connectivity index (χ0) is 24.8. The Hall–Kier alpha value is -2.61. The summed E-state index contributed by atoms with van der Waals surface area (Å²) in [4.78, 5) is -0.237. The van der Waals surface area contributed by atoms with Crippen molar-refractivity contribution < 1.29 is 33.6 Å². The van der Waals surface area contributed by atoms with E-state index >= 15 is 0 Å². The molecule has 0 aliphatic heterocycles. The molecule has 0 heterocycles. The molecule has 0 bridgehead atoms. The van der Waals surface area contributed by atoms with Gasteiger partial charge in [-0.15, -0.1) is 0 Å². The van der Waals surface area contributed by atoms with Crippen molar-refractivity contribution in [3.8, 4) is 0 Å². The summed E-state index contributed by atoms with van der Waals surface area (Å²) in [6, 6.07) is 19.5. The molecule has 0 aliphatic rings. The summed E-state index contributed by atoms with van der Waals surface area (Å²) in [5.41, 5.74) is 0.671. The van der Waals surface area contributed by atoms with Gasteiger partial charge in [-0.2, -0.15) is 16.8 Å². The Morgan fingerprint density at radius 3 is 1.53 bits per heavy atom. The fraction of sp³-hybridized carbons (Fsp3) is 0.182. The van der Waals surface area contributed by atoms with Crippen molar-refractivity contribution in [2.24, 2.45) is 5.14 Å². The van der Waals surface area contributed by atoms with Gasteiger partial charge in [-0.1, -0.05) is 48.5 Å². The Morgan fingerprint density at radius 2 is 1.06 bits per heavy atom. The Kier molecular flexibility index (Phi) is 8.23. The number of rotatable bonds is 11. The van der Waals surface area contributed by atoms with E-state index in [0.29, 0.717) is 5.56 Å². The summed E-state index contributed by atoms with van der Waals surface area (Å²) in [6.45, 7) is -0.610. The van der Waals surface area contributed by atoms with Crippen molar-refractivity contribution in [2.75, 3.05) is 13.2 Å². The SMILES string of the molecule is NS(=O)(=O)c1cccc(CCOS(=O)(=O)c2ccccc2)c1CCOS(=O)(=O)c1ccccc1. The third kappa shape index (κ3) is 6.72. The minimum absolute atomic E-state index is 0.00645. The molecule has 34 heavy (non-hydrogen) atoms. The van der Waals surface area contributed by atoms with E-state index in [1.165, 1.54) is 36.4 Å². The lowest BCUT2D eigenvalue weighted by molar-refractivity contribution is 0.315. The standard InChI is InChI=1S/C22H23NO8S3/c23-32(24,25)22-13-7-8-18(14-16-30-33(26,27)19-9-3-1-4-10-19)21(22)15-17-31-34(28,29)20-11-5-2-6-12-20/h1-13H,14-17H2,(H2,23,24,25). The minimum Gasteiger partial charge on any atom is -0.266 e. The summed E-state index contributed by atoms with van der Waals surface area (Å²) in [5.74, 6) is 0. The lowest BCUT2D eigenvalue weighted by Gasteiger charge is -2.14. The molecule has 0 saturated carbocycles. The molecule has 0 aliphatic carbocycles. The monoisotopic (exact) mass is 525 g/mol. The number of primary sulfonamides is 1. The number of sulfonamides is 1. The first-order valence-electron chi connectivity index (χ1n) is 10.0. The van der Waals surface area contributed by atoms with Gasteiger partial charge in [-0.3, -0.25) is 8.37 Å². The average Bonchev–Trinajstić information content (AvgIpc) is 2.80. The van der Waals surface area contributed by atoms with E-state index in [1.54, 1.807) is 42.5 Å². The minimum atomic E-state index is -4.13.